The molecule has 2 aromatic rings. The summed E-state index contributed by atoms with van der Waals surface area (Å²) in [7, 11) is 0. The number of Topliss-reactive ketones (excluding diaryl/α,β-unsaturated/α-hetero) is 1. The topological polar surface area (TPSA) is 20.3 Å². The van der Waals surface area contributed by atoms with Gasteiger partial charge in [0.25, 0.3) is 0 Å². The van der Waals surface area contributed by atoms with Crippen LogP contribution in [0.3, 0.4) is 0 Å². The molecule has 1 heterocycles. The van der Waals surface area contributed by atoms with Gasteiger partial charge in [-0.2, -0.15) is 0 Å². The van der Waals surface area contributed by atoms with E-state index in [9.17, 15) is 4.79 Å². The van der Waals surface area contributed by atoms with Crippen LogP contribution in [-0.2, 0) is 4.79 Å². The number of carbonyl (C=O) groups excluding carboxylic acids is 1. The molecular weight excluding hydrogens is 270 g/mol. The molecule has 0 atom stereocenters. The summed E-state index contributed by atoms with van der Waals surface area (Å²) in [6, 6.07) is 20.3. The van der Waals surface area contributed by atoms with Crippen LogP contribution in [0.2, 0.25) is 0 Å². The Morgan fingerprint density at radius 1 is 0.818 bits per heavy atom. The second kappa shape index (κ2) is 6.61. The molecule has 2 nitrogen and oxygen atoms in total. The minimum Gasteiger partial charge on any atom is -0.370 e. The highest BCUT2D eigenvalue weighted by Gasteiger charge is 2.23. The molecule has 3 rings (SSSR count). The Balaban J connectivity index is 2.22. The van der Waals surface area contributed by atoms with E-state index in [2.05, 4.69) is 17.0 Å². The first-order valence-electron chi connectivity index (χ1n) is 7.88. The van der Waals surface area contributed by atoms with Gasteiger partial charge in [-0.1, -0.05) is 60.7 Å². The van der Waals surface area contributed by atoms with Crippen molar-refractivity contribution in [1.82, 2.24) is 4.90 Å². The number of carbonyl (C=O) groups is 1. The van der Waals surface area contributed by atoms with Crippen molar-refractivity contribution in [2.24, 2.45) is 0 Å². The van der Waals surface area contributed by atoms with Gasteiger partial charge in [0.2, 0.25) is 0 Å². The van der Waals surface area contributed by atoms with E-state index in [1.54, 1.807) is 6.92 Å². The monoisotopic (exact) mass is 291 g/mol. The smallest absolute Gasteiger partial charge is 0.162 e. The second-order valence-electron chi connectivity index (χ2n) is 5.71. The minimum absolute atomic E-state index is 0.122. The lowest BCUT2D eigenvalue weighted by molar-refractivity contribution is -0.111. The van der Waals surface area contributed by atoms with Gasteiger partial charge in [0, 0.05) is 18.7 Å². The molecule has 1 aliphatic heterocycles. The van der Waals surface area contributed by atoms with Crippen LogP contribution in [0.15, 0.2) is 60.7 Å². The molecule has 2 aromatic carbocycles. The summed E-state index contributed by atoms with van der Waals surface area (Å²) in [6.07, 6.45) is 2.38. The molecule has 0 aromatic heterocycles. The van der Waals surface area contributed by atoms with Crippen LogP contribution in [0.25, 0.3) is 11.3 Å². The quantitative estimate of drug-likeness (QED) is 0.620. The molecule has 0 N–H and O–H groups in total. The SMILES string of the molecule is CC(=O)/C(=C(\c1ccccc1)N1CCCC1)c1ccccc1. The average molecular weight is 291 g/mol. The maximum Gasteiger partial charge on any atom is 0.162 e. The second-order valence-corrected chi connectivity index (χ2v) is 5.71. The van der Waals surface area contributed by atoms with Crippen LogP contribution >= 0.6 is 0 Å². The summed E-state index contributed by atoms with van der Waals surface area (Å²) in [5.41, 5.74) is 4.03. The molecule has 0 aliphatic carbocycles. The molecule has 1 fully saturated rings. The molecule has 0 amide bonds. The number of allylic oxidation sites excluding steroid dienone is 1. The maximum atomic E-state index is 12.4. The van der Waals surface area contributed by atoms with E-state index in [0.29, 0.717) is 0 Å². The standard InChI is InChI=1S/C20H21NO/c1-16(22)19(17-10-4-2-5-11-17)20(21-14-8-9-15-21)18-12-6-3-7-13-18/h2-7,10-13H,8-9,14-15H2,1H3/b20-19-. The maximum absolute atomic E-state index is 12.4. The number of nitrogens with zero attached hydrogens (tertiary/aromatic N) is 1. The summed E-state index contributed by atoms with van der Waals surface area (Å²) in [5.74, 6) is 0.122. The largest absolute Gasteiger partial charge is 0.370 e. The first-order chi connectivity index (χ1) is 10.8. The molecule has 0 unspecified atom stereocenters. The van der Waals surface area contributed by atoms with Crippen LogP contribution in [-0.4, -0.2) is 23.8 Å². The normalized spacial score (nSPS) is 15.6. The molecule has 2 heteroatoms. The van der Waals surface area contributed by atoms with E-state index in [1.807, 2.05) is 48.5 Å². The molecule has 112 valence electrons. The lowest BCUT2D eigenvalue weighted by Gasteiger charge is -2.25. The fraction of sp³-hybridized carbons (Fsp3) is 0.250. The van der Waals surface area contributed by atoms with Crippen molar-refractivity contribution < 1.29 is 4.79 Å². The number of likely N-dealkylation sites (tertiary alicyclic amines) is 1. The van der Waals surface area contributed by atoms with E-state index in [1.165, 1.54) is 12.8 Å². The van der Waals surface area contributed by atoms with Crippen molar-refractivity contribution in [3.8, 4) is 0 Å². The number of ketones is 1. The van der Waals surface area contributed by atoms with Gasteiger partial charge in [-0.25, -0.2) is 0 Å². The van der Waals surface area contributed by atoms with Gasteiger partial charge in [-0.3, -0.25) is 4.79 Å². The van der Waals surface area contributed by atoms with E-state index in [4.69, 9.17) is 0 Å². The van der Waals surface area contributed by atoms with Crippen molar-refractivity contribution >= 4 is 17.1 Å². The molecule has 0 spiro atoms. The van der Waals surface area contributed by atoms with Crippen LogP contribution in [0, 0.1) is 0 Å². The molecule has 0 saturated carbocycles. The Labute approximate surface area is 132 Å². The Hall–Kier alpha value is -2.35. The van der Waals surface area contributed by atoms with Crippen molar-refractivity contribution in [2.45, 2.75) is 19.8 Å². The Morgan fingerprint density at radius 2 is 1.32 bits per heavy atom. The summed E-state index contributed by atoms with van der Waals surface area (Å²) >= 11 is 0. The predicted molar refractivity (Wildman–Crippen MR) is 91.2 cm³/mol. The Bertz CT molecular complexity index is 667. The lowest BCUT2D eigenvalue weighted by Crippen LogP contribution is -2.20. The van der Waals surface area contributed by atoms with E-state index >= 15 is 0 Å². The average Bonchev–Trinajstić information content (AvgIpc) is 3.07. The summed E-state index contributed by atoms with van der Waals surface area (Å²) < 4.78 is 0. The van der Waals surface area contributed by atoms with Gasteiger partial charge >= 0.3 is 0 Å². The van der Waals surface area contributed by atoms with Gasteiger partial charge in [0.05, 0.1) is 5.70 Å². The number of hydrogen-bond donors (Lipinski definition) is 0. The zero-order valence-corrected chi connectivity index (χ0v) is 13.0. The van der Waals surface area contributed by atoms with E-state index < -0.39 is 0 Å². The lowest BCUT2D eigenvalue weighted by atomic mass is 9.96. The highest BCUT2D eigenvalue weighted by atomic mass is 16.1. The van der Waals surface area contributed by atoms with Crippen molar-refractivity contribution in [3.63, 3.8) is 0 Å². The molecule has 22 heavy (non-hydrogen) atoms. The van der Waals surface area contributed by atoms with E-state index in [0.717, 1.165) is 35.5 Å². The predicted octanol–water partition coefficient (Wildman–Crippen LogP) is 4.24. The van der Waals surface area contributed by atoms with Gasteiger partial charge < -0.3 is 4.90 Å². The van der Waals surface area contributed by atoms with Crippen LogP contribution in [0.5, 0.6) is 0 Å². The number of rotatable bonds is 4. The fourth-order valence-electron chi connectivity index (χ4n) is 3.13. The van der Waals surface area contributed by atoms with Gasteiger partial charge in [0.1, 0.15) is 0 Å². The van der Waals surface area contributed by atoms with Gasteiger partial charge in [-0.05, 0) is 30.9 Å². The van der Waals surface area contributed by atoms with Crippen LogP contribution in [0.4, 0.5) is 0 Å². The number of hydrogen-bond acceptors (Lipinski definition) is 2. The molecule has 0 bridgehead atoms. The highest BCUT2D eigenvalue weighted by Crippen LogP contribution is 2.32. The fourth-order valence-corrected chi connectivity index (χ4v) is 3.13. The van der Waals surface area contributed by atoms with Gasteiger partial charge in [0.15, 0.2) is 5.78 Å². The summed E-state index contributed by atoms with van der Waals surface area (Å²) in [5, 5.41) is 0. The van der Waals surface area contributed by atoms with Crippen molar-refractivity contribution in [1.29, 1.82) is 0 Å². The Morgan fingerprint density at radius 3 is 1.82 bits per heavy atom. The van der Waals surface area contributed by atoms with Crippen LogP contribution in [0.1, 0.15) is 30.9 Å². The summed E-state index contributed by atoms with van der Waals surface area (Å²) in [6.45, 7) is 3.71. The van der Waals surface area contributed by atoms with E-state index in [-0.39, 0.29) is 5.78 Å². The van der Waals surface area contributed by atoms with Gasteiger partial charge in [-0.15, -0.1) is 0 Å². The zero-order valence-electron chi connectivity index (χ0n) is 13.0. The van der Waals surface area contributed by atoms with Crippen LogP contribution < -0.4 is 0 Å². The zero-order chi connectivity index (χ0) is 15.4. The molecule has 0 radical (unpaired) electrons. The summed E-state index contributed by atoms with van der Waals surface area (Å²) in [4.78, 5) is 14.8. The van der Waals surface area contributed by atoms with Crippen molar-refractivity contribution in [3.05, 3.63) is 71.8 Å². The minimum atomic E-state index is 0.122. The number of benzene rings is 2. The molecule has 1 saturated heterocycles. The highest BCUT2D eigenvalue weighted by molar-refractivity contribution is 6.26. The van der Waals surface area contributed by atoms with Crippen molar-refractivity contribution in [2.75, 3.05) is 13.1 Å². The first-order valence-corrected chi connectivity index (χ1v) is 7.88. The molecule has 1 aliphatic rings. The third-order valence-corrected chi connectivity index (χ3v) is 4.12. The Kier molecular flexibility index (Phi) is 4.38. The first kappa shape index (κ1) is 14.6. The third kappa shape index (κ3) is 2.96. The third-order valence-electron chi connectivity index (χ3n) is 4.12. The molecular formula is C20H21NO.